The van der Waals surface area contributed by atoms with Gasteiger partial charge < -0.3 is 14.6 Å². The summed E-state index contributed by atoms with van der Waals surface area (Å²) in [6.45, 7) is 8.99. The largest absolute Gasteiger partial charge is 0.378 e. The lowest BCUT2D eigenvalue weighted by Gasteiger charge is -2.38. The molecule has 2 aromatic heterocycles. The fraction of sp³-hybridized carbons (Fsp3) is 0.480. The smallest absolute Gasteiger partial charge is 0.128 e. The Kier molecular flexibility index (Phi) is 5.25. The molecule has 0 radical (unpaired) electrons. The molecule has 1 saturated heterocycles. The highest BCUT2D eigenvalue weighted by Gasteiger charge is 2.27. The van der Waals surface area contributed by atoms with Crippen LogP contribution in [0, 0.1) is 6.92 Å². The summed E-state index contributed by atoms with van der Waals surface area (Å²) in [5.74, 6) is 1.05. The van der Waals surface area contributed by atoms with Gasteiger partial charge >= 0.3 is 0 Å². The van der Waals surface area contributed by atoms with E-state index in [0.717, 1.165) is 45.0 Å². The van der Waals surface area contributed by atoms with E-state index in [1.54, 1.807) is 0 Å². The molecule has 2 aliphatic heterocycles. The molecule has 1 atom stereocenters. The second kappa shape index (κ2) is 8.05. The summed E-state index contributed by atoms with van der Waals surface area (Å²) in [5, 5.41) is 12.5. The van der Waals surface area contributed by atoms with Crippen LogP contribution in [0.15, 0.2) is 36.5 Å². The molecular weight excluding hydrogens is 372 g/mol. The van der Waals surface area contributed by atoms with E-state index in [9.17, 15) is 5.11 Å². The number of aryl methyl sites for hydroxylation is 3. The SMILES string of the molecule is CCc1c(CC(O)N2CCN(c3cc(C)ccn3)CC2)c2cccc3c2n1CCC3. The van der Waals surface area contributed by atoms with Gasteiger partial charge in [-0.3, -0.25) is 4.90 Å². The molecule has 5 nitrogen and oxygen atoms in total. The minimum atomic E-state index is -0.439. The second-order valence-electron chi connectivity index (χ2n) is 8.75. The molecule has 0 aliphatic carbocycles. The molecule has 4 heterocycles. The molecule has 3 aromatic rings. The van der Waals surface area contributed by atoms with Crippen molar-refractivity contribution in [3.05, 3.63) is 58.9 Å². The Labute approximate surface area is 178 Å². The monoisotopic (exact) mass is 404 g/mol. The van der Waals surface area contributed by atoms with Crippen LogP contribution in [0.1, 0.15) is 35.7 Å². The quantitative estimate of drug-likeness (QED) is 0.707. The molecule has 0 bridgehead atoms. The molecule has 5 rings (SSSR count). The van der Waals surface area contributed by atoms with Gasteiger partial charge in [-0.15, -0.1) is 0 Å². The average molecular weight is 405 g/mol. The summed E-state index contributed by atoms with van der Waals surface area (Å²) in [5.41, 5.74) is 6.89. The lowest BCUT2D eigenvalue weighted by molar-refractivity contribution is 0.00108. The summed E-state index contributed by atoms with van der Waals surface area (Å²) in [6, 6.07) is 10.9. The minimum Gasteiger partial charge on any atom is -0.378 e. The Hall–Kier alpha value is -2.37. The van der Waals surface area contributed by atoms with Crippen molar-refractivity contribution in [3.63, 3.8) is 0 Å². The van der Waals surface area contributed by atoms with E-state index < -0.39 is 6.23 Å². The highest BCUT2D eigenvalue weighted by molar-refractivity contribution is 5.89. The van der Waals surface area contributed by atoms with E-state index >= 15 is 0 Å². The van der Waals surface area contributed by atoms with Crippen LogP contribution in [-0.2, 0) is 25.8 Å². The number of aliphatic hydroxyl groups is 1. The van der Waals surface area contributed by atoms with E-state index in [1.165, 1.54) is 46.1 Å². The number of nitrogens with zero attached hydrogens (tertiary/aromatic N) is 4. The van der Waals surface area contributed by atoms with E-state index in [2.05, 4.69) is 57.5 Å². The molecule has 1 fully saturated rings. The number of pyridine rings is 1. The number of aromatic nitrogens is 2. The molecule has 1 aromatic carbocycles. The molecule has 1 N–H and O–H groups in total. The Morgan fingerprint density at radius 2 is 1.93 bits per heavy atom. The Morgan fingerprint density at radius 1 is 1.10 bits per heavy atom. The zero-order chi connectivity index (χ0) is 20.7. The van der Waals surface area contributed by atoms with Crippen molar-refractivity contribution < 1.29 is 5.11 Å². The summed E-state index contributed by atoms with van der Waals surface area (Å²) in [4.78, 5) is 9.09. The maximum atomic E-state index is 11.2. The van der Waals surface area contributed by atoms with Crippen LogP contribution in [-0.4, -0.2) is 52.0 Å². The van der Waals surface area contributed by atoms with Gasteiger partial charge in [-0.2, -0.15) is 0 Å². The number of hydrogen-bond acceptors (Lipinski definition) is 4. The first-order valence-corrected chi connectivity index (χ1v) is 11.4. The van der Waals surface area contributed by atoms with Crippen molar-refractivity contribution in [2.24, 2.45) is 0 Å². The van der Waals surface area contributed by atoms with Crippen LogP contribution in [0.4, 0.5) is 5.82 Å². The maximum absolute atomic E-state index is 11.2. The first-order chi connectivity index (χ1) is 14.7. The predicted molar refractivity (Wildman–Crippen MR) is 122 cm³/mol. The molecule has 1 unspecified atom stereocenters. The first-order valence-electron chi connectivity index (χ1n) is 11.4. The summed E-state index contributed by atoms with van der Waals surface area (Å²) < 4.78 is 2.53. The number of aliphatic hydroxyl groups excluding tert-OH is 1. The molecule has 0 spiro atoms. The number of rotatable bonds is 5. The second-order valence-corrected chi connectivity index (χ2v) is 8.75. The van der Waals surface area contributed by atoms with E-state index in [0.29, 0.717) is 6.42 Å². The van der Waals surface area contributed by atoms with Gasteiger partial charge in [0.2, 0.25) is 0 Å². The van der Waals surface area contributed by atoms with Crippen LogP contribution in [0.2, 0.25) is 0 Å². The third kappa shape index (κ3) is 3.40. The predicted octanol–water partition coefficient (Wildman–Crippen LogP) is 3.54. The Bertz CT molecular complexity index is 1050. The van der Waals surface area contributed by atoms with Crippen molar-refractivity contribution in [2.75, 3.05) is 31.1 Å². The summed E-state index contributed by atoms with van der Waals surface area (Å²) in [7, 11) is 0. The van der Waals surface area contributed by atoms with Crippen molar-refractivity contribution in [2.45, 2.75) is 52.3 Å². The van der Waals surface area contributed by atoms with Gasteiger partial charge in [0.25, 0.3) is 0 Å². The van der Waals surface area contributed by atoms with Gasteiger partial charge in [0.15, 0.2) is 0 Å². The molecule has 0 saturated carbocycles. The van der Waals surface area contributed by atoms with Gasteiger partial charge in [0.1, 0.15) is 12.0 Å². The van der Waals surface area contributed by atoms with Crippen LogP contribution < -0.4 is 4.90 Å². The maximum Gasteiger partial charge on any atom is 0.128 e. The molecular formula is C25H32N4O. The third-order valence-corrected chi connectivity index (χ3v) is 6.90. The van der Waals surface area contributed by atoms with Gasteiger partial charge in [0.05, 0.1) is 5.52 Å². The van der Waals surface area contributed by atoms with E-state index in [4.69, 9.17) is 0 Å². The topological polar surface area (TPSA) is 44.5 Å². The zero-order valence-electron chi connectivity index (χ0n) is 18.1. The molecule has 2 aliphatic rings. The standard InChI is InChI=1S/C25H32N4O/c1-3-22-21(20-8-4-6-19-7-5-11-29(22)25(19)20)17-24(30)28-14-12-27(13-15-28)23-16-18(2)9-10-26-23/h4,6,8-10,16,24,30H,3,5,7,11-15,17H2,1-2H3. The van der Waals surface area contributed by atoms with Crippen LogP contribution >= 0.6 is 0 Å². The highest BCUT2D eigenvalue weighted by Crippen LogP contribution is 2.34. The van der Waals surface area contributed by atoms with Crippen molar-refractivity contribution in [3.8, 4) is 0 Å². The van der Waals surface area contributed by atoms with Gasteiger partial charge in [0, 0.05) is 56.4 Å². The van der Waals surface area contributed by atoms with Crippen molar-refractivity contribution in [1.82, 2.24) is 14.5 Å². The molecule has 0 amide bonds. The van der Waals surface area contributed by atoms with Gasteiger partial charge in [-0.05, 0) is 55.0 Å². The number of benzene rings is 1. The summed E-state index contributed by atoms with van der Waals surface area (Å²) in [6.07, 6.45) is 5.55. The van der Waals surface area contributed by atoms with Crippen molar-refractivity contribution >= 4 is 16.7 Å². The van der Waals surface area contributed by atoms with Gasteiger partial charge in [-0.25, -0.2) is 4.98 Å². The minimum absolute atomic E-state index is 0.439. The fourth-order valence-electron chi connectivity index (χ4n) is 5.37. The van der Waals surface area contributed by atoms with Crippen LogP contribution in [0.25, 0.3) is 10.9 Å². The molecule has 5 heteroatoms. The third-order valence-electron chi connectivity index (χ3n) is 6.90. The number of piperazine rings is 1. The van der Waals surface area contributed by atoms with E-state index in [-0.39, 0.29) is 0 Å². The van der Waals surface area contributed by atoms with Crippen LogP contribution in [0.5, 0.6) is 0 Å². The van der Waals surface area contributed by atoms with E-state index in [1.807, 2.05) is 12.3 Å². The first kappa shape index (κ1) is 19.6. The van der Waals surface area contributed by atoms with Crippen molar-refractivity contribution in [1.29, 1.82) is 0 Å². The lowest BCUT2D eigenvalue weighted by Crippen LogP contribution is -2.51. The molecule has 30 heavy (non-hydrogen) atoms. The van der Waals surface area contributed by atoms with Crippen LogP contribution in [0.3, 0.4) is 0 Å². The fourth-order valence-corrected chi connectivity index (χ4v) is 5.37. The Morgan fingerprint density at radius 3 is 2.70 bits per heavy atom. The normalized spacial score (nSPS) is 18.2. The Balaban J connectivity index is 1.34. The number of hydrogen-bond donors (Lipinski definition) is 1. The number of anilines is 1. The summed E-state index contributed by atoms with van der Waals surface area (Å²) >= 11 is 0. The number of para-hydroxylation sites is 1. The highest BCUT2D eigenvalue weighted by atomic mass is 16.3. The lowest BCUT2D eigenvalue weighted by atomic mass is 10.0. The average Bonchev–Trinajstić information content (AvgIpc) is 3.08. The van der Waals surface area contributed by atoms with Gasteiger partial charge in [-0.1, -0.05) is 25.1 Å². The molecule has 158 valence electrons. The zero-order valence-corrected chi connectivity index (χ0v) is 18.1.